The summed E-state index contributed by atoms with van der Waals surface area (Å²) in [6.07, 6.45) is 0. The van der Waals surface area contributed by atoms with E-state index in [1.54, 1.807) is 0 Å². The number of nitrogens with one attached hydrogen (secondary N) is 1. The summed E-state index contributed by atoms with van der Waals surface area (Å²) in [5.41, 5.74) is 12.6. The molecule has 106 valence electrons. The van der Waals surface area contributed by atoms with Gasteiger partial charge in [-0.3, -0.25) is 5.10 Å². The third-order valence-electron chi connectivity index (χ3n) is 3.56. The summed E-state index contributed by atoms with van der Waals surface area (Å²) in [5.74, 6) is 0.526. The monoisotopic (exact) mass is 341 g/mol. The third-order valence-corrected chi connectivity index (χ3v) is 4.05. The molecule has 3 aromatic rings. The quantitative estimate of drug-likeness (QED) is 0.709. The normalized spacial score (nSPS) is 10.8. The van der Waals surface area contributed by atoms with Gasteiger partial charge >= 0.3 is 0 Å². The Kier molecular flexibility index (Phi) is 3.55. The van der Waals surface area contributed by atoms with Crippen molar-refractivity contribution in [3.8, 4) is 22.4 Å². The molecule has 0 aliphatic heterocycles. The lowest BCUT2D eigenvalue weighted by atomic mass is 9.97. The Morgan fingerprint density at radius 1 is 1.10 bits per heavy atom. The van der Waals surface area contributed by atoms with Crippen LogP contribution in [0.1, 0.15) is 11.1 Å². The highest BCUT2D eigenvalue weighted by atomic mass is 79.9. The molecule has 0 radical (unpaired) electrons. The Balaban J connectivity index is 2.22. The molecule has 0 saturated heterocycles. The largest absolute Gasteiger partial charge is 0.382 e. The molecule has 0 atom stereocenters. The number of halogens is 1. The molecule has 3 nitrogen and oxygen atoms in total. The van der Waals surface area contributed by atoms with Crippen LogP contribution in [0.25, 0.3) is 22.4 Å². The maximum absolute atomic E-state index is 6.09. The minimum atomic E-state index is 0.526. The van der Waals surface area contributed by atoms with Crippen molar-refractivity contribution in [3.05, 3.63) is 58.1 Å². The number of benzene rings is 2. The van der Waals surface area contributed by atoms with Crippen molar-refractivity contribution < 1.29 is 0 Å². The molecule has 0 fully saturated rings. The number of aromatic nitrogens is 2. The summed E-state index contributed by atoms with van der Waals surface area (Å²) >= 11 is 3.50. The number of nitrogens with zero attached hydrogens (tertiary/aromatic N) is 1. The van der Waals surface area contributed by atoms with Gasteiger partial charge in [-0.15, -0.1) is 0 Å². The molecular weight excluding hydrogens is 326 g/mol. The summed E-state index contributed by atoms with van der Waals surface area (Å²) in [6.45, 7) is 4.15. The number of hydrogen-bond donors (Lipinski definition) is 2. The molecule has 2 aromatic carbocycles. The Bertz CT molecular complexity index is 806. The molecule has 3 N–H and O–H groups in total. The van der Waals surface area contributed by atoms with E-state index in [2.05, 4.69) is 70.3 Å². The first kappa shape index (κ1) is 13.9. The number of hydrogen-bond acceptors (Lipinski definition) is 2. The molecule has 0 saturated carbocycles. The zero-order chi connectivity index (χ0) is 15.0. The van der Waals surface area contributed by atoms with Crippen LogP contribution in [0.2, 0.25) is 0 Å². The average molecular weight is 342 g/mol. The van der Waals surface area contributed by atoms with Crippen LogP contribution < -0.4 is 5.73 Å². The van der Waals surface area contributed by atoms with Crippen LogP contribution in [0.3, 0.4) is 0 Å². The van der Waals surface area contributed by atoms with Crippen molar-refractivity contribution in [2.45, 2.75) is 13.8 Å². The third kappa shape index (κ3) is 2.59. The van der Waals surface area contributed by atoms with Gasteiger partial charge in [-0.25, -0.2) is 0 Å². The van der Waals surface area contributed by atoms with Gasteiger partial charge in [0.25, 0.3) is 0 Å². The smallest absolute Gasteiger partial charge is 0.153 e. The van der Waals surface area contributed by atoms with Crippen LogP contribution in [0, 0.1) is 13.8 Å². The van der Waals surface area contributed by atoms with Crippen molar-refractivity contribution in [2.24, 2.45) is 0 Å². The second-order valence-corrected chi connectivity index (χ2v) is 6.10. The number of nitrogen functional groups attached to an aromatic ring is 1. The molecule has 4 heteroatoms. The van der Waals surface area contributed by atoms with Gasteiger partial charge in [0.2, 0.25) is 0 Å². The van der Waals surface area contributed by atoms with Gasteiger partial charge in [0.05, 0.1) is 11.3 Å². The lowest BCUT2D eigenvalue weighted by Crippen LogP contribution is -1.90. The van der Waals surface area contributed by atoms with Crippen LogP contribution in [0.5, 0.6) is 0 Å². The van der Waals surface area contributed by atoms with Crippen LogP contribution in [-0.2, 0) is 0 Å². The van der Waals surface area contributed by atoms with Crippen molar-refractivity contribution in [1.82, 2.24) is 10.2 Å². The predicted octanol–water partition coefficient (Wildman–Crippen LogP) is 4.71. The lowest BCUT2D eigenvalue weighted by Gasteiger charge is -2.09. The summed E-state index contributed by atoms with van der Waals surface area (Å²) in [6, 6.07) is 14.5. The van der Waals surface area contributed by atoms with Gasteiger partial charge in [-0.1, -0.05) is 51.8 Å². The van der Waals surface area contributed by atoms with E-state index in [-0.39, 0.29) is 0 Å². The Hall–Kier alpha value is -2.07. The van der Waals surface area contributed by atoms with E-state index in [0.717, 1.165) is 26.9 Å². The molecule has 3 rings (SSSR count). The molecule has 1 heterocycles. The number of anilines is 1. The Morgan fingerprint density at radius 3 is 2.62 bits per heavy atom. The zero-order valence-electron chi connectivity index (χ0n) is 11.9. The van der Waals surface area contributed by atoms with Crippen LogP contribution in [-0.4, -0.2) is 10.2 Å². The van der Waals surface area contributed by atoms with Gasteiger partial charge in [-0.2, -0.15) is 5.10 Å². The highest BCUT2D eigenvalue weighted by molar-refractivity contribution is 9.10. The first-order valence-corrected chi connectivity index (χ1v) is 7.53. The summed E-state index contributed by atoms with van der Waals surface area (Å²) in [5, 5.41) is 7.28. The Morgan fingerprint density at radius 2 is 1.90 bits per heavy atom. The van der Waals surface area contributed by atoms with E-state index in [1.165, 1.54) is 11.1 Å². The Labute approximate surface area is 132 Å². The SMILES string of the molecule is Cc1cccc(-c2c(N)n[nH]c2-c2ccc(Br)cc2C)c1. The molecule has 0 spiro atoms. The fourth-order valence-corrected chi connectivity index (χ4v) is 3.03. The summed E-state index contributed by atoms with van der Waals surface area (Å²) in [4.78, 5) is 0. The molecule has 0 bridgehead atoms. The van der Waals surface area contributed by atoms with E-state index >= 15 is 0 Å². The van der Waals surface area contributed by atoms with Crippen molar-refractivity contribution in [1.29, 1.82) is 0 Å². The van der Waals surface area contributed by atoms with E-state index in [0.29, 0.717) is 5.82 Å². The second-order valence-electron chi connectivity index (χ2n) is 5.19. The average Bonchev–Trinajstić information content (AvgIpc) is 2.80. The topological polar surface area (TPSA) is 54.7 Å². The number of aromatic amines is 1. The number of aryl methyl sites for hydroxylation is 2. The molecule has 1 aromatic heterocycles. The van der Waals surface area contributed by atoms with Crippen LogP contribution in [0.15, 0.2) is 46.9 Å². The number of nitrogens with two attached hydrogens (primary N) is 1. The first-order chi connectivity index (χ1) is 10.1. The maximum atomic E-state index is 6.09. The molecule has 0 amide bonds. The summed E-state index contributed by atoms with van der Waals surface area (Å²) in [7, 11) is 0. The van der Waals surface area contributed by atoms with Gasteiger partial charge in [0, 0.05) is 10.0 Å². The molecule has 0 aliphatic carbocycles. The highest BCUT2D eigenvalue weighted by Crippen LogP contribution is 2.36. The van der Waals surface area contributed by atoms with Crippen molar-refractivity contribution >= 4 is 21.7 Å². The fourth-order valence-electron chi connectivity index (χ4n) is 2.55. The first-order valence-electron chi connectivity index (χ1n) is 6.73. The fraction of sp³-hybridized carbons (Fsp3) is 0.118. The van der Waals surface area contributed by atoms with Crippen LogP contribution >= 0.6 is 15.9 Å². The molecule has 21 heavy (non-hydrogen) atoms. The second kappa shape index (κ2) is 5.37. The van der Waals surface area contributed by atoms with E-state index < -0.39 is 0 Å². The van der Waals surface area contributed by atoms with Crippen LogP contribution in [0.4, 0.5) is 5.82 Å². The zero-order valence-corrected chi connectivity index (χ0v) is 13.5. The lowest BCUT2D eigenvalue weighted by molar-refractivity contribution is 1.10. The number of H-pyrrole nitrogens is 1. The highest BCUT2D eigenvalue weighted by Gasteiger charge is 2.16. The molecule has 0 unspecified atom stereocenters. The van der Waals surface area contributed by atoms with E-state index in [4.69, 9.17) is 5.73 Å². The number of rotatable bonds is 2. The molecule has 0 aliphatic rings. The van der Waals surface area contributed by atoms with Gasteiger partial charge < -0.3 is 5.73 Å². The van der Waals surface area contributed by atoms with Crippen molar-refractivity contribution in [3.63, 3.8) is 0 Å². The standard InChI is InChI=1S/C17H16BrN3/c1-10-4-3-5-12(8-10)15-16(20-21-17(15)19)14-7-6-13(18)9-11(14)2/h3-9H,1-2H3,(H3,19,20,21). The minimum absolute atomic E-state index is 0.526. The van der Waals surface area contributed by atoms with Gasteiger partial charge in [0.15, 0.2) is 5.82 Å². The summed E-state index contributed by atoms with van der Waals surface area (Å²) < 4.78 is 1.06. The van der Waals surface area contributed by atoms with E-state index in [9.17, 15) is 0 Å². The minimum Gasteiger partial charge on any atom is -0.382 e. The molecular formula is C17H16BrN3. The predicted molar refractivity (Wildman–Crippen MR) is 91.0 cm³/mol. The van der Waals surface area contributed by atoms with Gasteiger partial charge in [0.1, 0.15) is 0 Å². The van der Waals surface area contributed by atoms with Crippen molar-refractivity contribution in [2.75, 3.05) is 5.73 Å². The maximum Gasteiger partial charge on any atom is 0.153 e. The van der Waals surface area contributed by atoms with E-state index in [1.807, 2.05) is 12.1 Å². The van der Waals surface area contributed by atoms with Gasteiger partial charge in [-0.05, 0) is 37.1 Å².